The normalized spacial score (nSPS) is 20.4. The van der Waals surface area contributed by atoms with Crippen LogP contribution in [0.1, 0.15) is 0 Å². The molecule has 6 N–H and O–H groups in total. The summed E-state index contributed by atoms with van der Waals surface area (Å²) in [5, 5.41) is 51.8. The van der Waals surface area contributed by atoms with Crippen LogP contribution in [0.2, 0.25) is 0 Å². The van der Waals surface area contributed by atoms with E-state index in [9.17, 15) is 4.79 Å². The molecule has 0 aliphatic rings. The van der Waals surface area contributed by atoms with Crippen LogP contribution in [0.4, 0.5) is 0 Å². The van der Waals surface area contributed by atoms with Gasteiger partial charge in [-0.25, -0.2) is 4.79 Å². The van der Waals surface area contributed by atoms with E-state index in [0.29, 0.717) is 0 Å². The molecule has 78 valence electrons. The molecule has 4 atom stereocenters. The Morgan fingerprint density at radius 2 is 1.54 bits per heavy atom. The number of rotatable bonds is 5. The monoisotopic (exact) mass is 196 g/mol. The molecule has 7 nitrogen and oxygen atoms in total. The average molecular weight is 196 g/mol. The first-order valence-electron chi connectivity index (χ1n) is 3.47. The van der Waals surface area contributed by atoms with E-state index in [0.717, 1.165) is 0 Å². The van der Waals surface area contributed by atoms with Gasteiger partial charge in [0.05, 0.1) is 6.61 Å². The van der Waals surface area contributed by atoms with Crippen LogP contribution < -0.4 is 0 Å². The van der Waals surface area contributed by atoms with Gasteiger partial charge in [0.15, 0.2) is 6.10 Å². The molecular formula is C6H12O7. The first-order valence-corrected chi connectivity index (χ1v) is 3.47. The molecule has 0 aromatic rings. The van der Waals surface area contributed by atoms with Crippen molar-refractivity contribution < 1.29 is 35.4 Å². The van der Waals surface area contributed by atoms with Crippen molar-refractivity contribution in [2.45, 2.75) is 24.4 Å². The smallest absolute Gasteiger partial charge is 0.335 e. The number of carboxylic acid groups (broad SMARTS) is 1. The minimum Gasteiger partial charge on any atom is -0.479 e. The summed E-state index contributed by atoms with van der Waals surface area (Å²) in [6, 6.07) is 0. The van der Waals surface area contributed by atoms with Crippen LogP contribution in [-0.4, -0.2) is 67.6 Å². The number of hydrogen-bond donors (Lipinski definition) is 6. The van der Waals surface area contributed by atoms with E-state index >= 15 is 0 Å². The van der Waals surface area contributed by atoms with Gasteiger partial charge in [0.2, 0.25) is 0 Å². The van der Waals surface area contributed by atoms with Gasteiger partial charge in [-0.15, -0.1) is 0 Å². The van der Waals surface area contributed by atoms with Crippen molar-refractivity contribution in [3.63, 3.8) is 0 Å². The van der Waals surface area contributed by atoms with Gasteiger partial charge in [0.1, 0.15) is 18.3 Å². The van der Waals surface area contributed by atoms with Crippen LogP contribution in [0, 0.1) is 0 Å². The third kappa shape index (κ3) is 3.25. The topological polar surface area (TPSA) is 138 Å². The summed E-state index contributed by atoms with van der Waals surface area (Å²) in [4.78, 5) is 10.1. The first-order chi connectivity index (χ1) is 5.91. The summed E-state index contributed by atoms with van der Waals surface area (Å²) in [5.41, 5.74) is 0. The standard InChI is InChI=1S/C6H12O7/c7-1-2(8)3(9)4(10)5(11)6(12)13/h2-5,7-11H,1H2,(H,12,13)/t2-,3-,4?,5?/m1/s1. The van der Waals surface area contributed by atoms with E-state index in [2.05, 4.69) is 0 Å². The summed E-state index contributed by atoms with van der Waals surface area (Å²) in [5.74, 6) is -1.73. The summed E-state index contributed by atoms with van der Waals surface area (Å²) in [6.45, 7) is -0.843. The van der Waals surface area contributed by atoms with Crippen molar-refractivity contribution >= 4 is 5.97 Å². The van der Waals surface area contributed by atoms with Gasteiger partial charge < -0.3 is 30.6 Å². The molecule has 0 bridgehead atoms. The second-order valence-electron chi connectivity index (χ2n) is 2.51. The molecule has 2 unspecified atom stereocenters. The summed E-state index contributed by atoms with van der Waals surface area (Å²) in [6.07, 6.45) is -7.84. The number of aliphatic hydroxyl groups is 5. The highest BCUT2D eigenvalue weighted by Gasteiger charge is 2.33. The lowest BCUT2D eigenvalue weighted by Gasteiger charge is -2.23. The minimum atomic E-state index is -2.20. The van der Waals surface area contributed by atoms with Crippen molar-refractivity contribution in [1.29, 1.82) is 0 Å². The molecule has 0 rings (SSSR count). The maximum absolute atomic E-state index is 10.1. The van der Waals surface area contributed by atoms with E-state index in [1.807, 2.05) is 0 Å². The summed E-state index contributed by atoms with van der Waals surface area (Å²) >= 11 is 0. The van der Waals surface area contributed by atoms with Gasteiger partial charge in [-0.3, -0.25) is 0 Å². The molecular weight excluding hydrogens is 184 g/mol. The van der Waals surface area contributed by atoms with Crippen molar-refractivity contribution in [3.8, 4) is 0 Å². The number of hydrogen-bond acceptors (Lipinski definition) is 6. The molecule has 0 aliphatic heterocycles. The molecule has 0 heterocycles. The van der Waals surface area contributed by atoms with Crippen LogP contribution in [0.15, 0.2) is 0 Å². The fourth-order valence-electron chi connectivity index (χ4n) is 0.668. The van der Waals surface area contributed by atoms with Crippen molar-refractivity contribution in [1.82, 2.24) is 0 Å². The maximum Gasteiger partial charge on any atom is 0.335 e. The predicted molar refractivity (Wildman–Crippen MR) is 38.7 cm³/mol. The Hall–Kier alpha value is -0.730. The molecule has 0 radical (unpaired) electrons. The SMILES string of the molecule is O=C(O)C(O)C(O)[C@H](O)[C@H](O)CO. The second-order valence-corrected chi connectivity index (χ2v) is 2.51. The highest BCUT2D eigenvalue weighted by molar-refractivity contribution is 5.72. The fourth-order valence-corrected chi connectivity index (χ4v) is 0.668. The van der Waals surface area contributed by atoms with Gasteiger partial charge in [-0.2, -0.15) is 0 Å². The highest BCUT2D eigenvalue weighted by atomic mass is 16.4. The van der Waals surface area contributed by atoms with Crippen LogP contribution in [0.5, 0.6) is 0 Å². The minimum absolute atomic E-state index is 0.843. The Morgan fingerprint density at radius 1 is 1.08 bits per heavy atom. The molecule has 0 aliphatic carbocycles. The maximum atomic E-state index is 10.1. The molecule has 0 aromatic carbocycles. The van der Waals surface area contributed by atoms with E-state index in [-0.39, 0.29) is 0 Å². The van der Waals surface area contributed by atoms with Crippen LogP contribution in [-0.2, 0) is 4.79 Å². The zero-order valence-electron chi connectivity index (χ0n) is 6.61. The Morgan fingerprint density at radius 3 is 1.85 bits per heavy atom. The largest absolute Gasteiger partial charge is 0.479 e. The molecule has 0 aromatic heterocycles. The van der Waals surface area contributed by atoms with Crippen molar-refractivity contribution in [2.75, 3.05) is 6.61 Å². The van der Waals surface area contributed by atoms with Crippen LogP contribution >= 0.6 is 0 Å². The predicted octanol–water partition coefficient (Wildman–Crippen LogP) is -3.49. The summed E-state index contributed by atoms with van der Waals surface area (Å²) in [7, 11) is 0. The quantitative estimate of drug-likeness (QED) is 0.268. The number of aliphatic hydroxyl groups excluding tert-OH is 5. The molecule has 0 fully saturated rings. The van der Waals surface area contributed by atoms with Gasteiger partial charge in [0, 0.05) is 0 Å². The van der Waals surface area contributed by atoms with Gasteiger partial charge >= 0.3 is 5.97 Å². The Kier molecular flexibility index (Phi) is 4.81. The van der Waals surface area contributed by atoms with Gasteiger partial charge in [-0.05, 0) is 0 Å². The van der Waals surface area contributed by atoms with Crippen molar-refractivity contribution in [2.24, 2.45) is 0 Å². The van der Waals surface area contributed by atoms with E-state index in [1.165, 1.54) is 0 Å². The number of aliphatic carboxylic acids is 1. The second kappa shape index (κ2) is 5.10. The Balaban J connectivity index is 4.24. The zero-order chi connectivity index (χ0) is 10.6. The lowest BCUT2D eigenvalue weighted by Crippen LogP contribution is -2.48. The fraction of sp³-hybridized carbons (Fsp3) is 0.833. The summed E-state index contributed by atoms with van der Waals surface area (Å²) < 4.78 is 0. The van der Waals surface area contributed by atoms with Crippen molar-refractivity contribution in [3.05, 3.63) is 0 Å². The molecule has 7 heteroatoms. The lowest BCUT2D eigenvalue weighted by molar-refractivity contribution is -0.164. The van der Waals surface area contributed by atoms with E-state index in [1.54, 1.807) is 0 Å². The Labute approximate surface area is 73.5 Å². The zero-order valence-corrected chi connectivity index (χ0v) is 6.61. The number of carboxylic acids is 1. The first kappa shape index (κ1) is 12.3. The number of carbonyl (C=O) groups is 1. The molecule has 0 spiro atoms. The highest BCUT2D eigenvalue weighted by Crippen LogP contribution is 2.04. The van der Waals surface area contributed by atoms with Gasteiger partial charge in [-0.1, -0.05) is 0 Å². The molecule has 0 saturated heterocycles. The van der Waals surface area contributed by atoms with Crippen LogP contribution in [0.25, 0.3) is 0 Å². The molecule has 13 heavy (non-hydrogen) atoms. The molecule has 0 saturated carbocycles. The molecule has 0 amide bonds. The third-order valence-electron chi connectivity index (χ3n) is 1.51. The Bertz CT molecular complexity index is 170. The average Bonchev–Trinajstić information content (AvgIpc) is 2.12. The lowest BCUT2D eigenvalue weighted by atomic mass is 10.0. The van der Waals surface area contributed by atoms with Gasteiger partial charge in [0.25, 0.3) is 0 Å². The van der Waals surface area contributed by atoms with E-state index in [4.69, 9.17) is 30.6 Å². The third-order valence-corrected chi connectivity index (χ3v) is 1.51. The van der Waals surface area contributed by atoms with E-state index < -0.39 is 37.0 Å². The van der Waals surface area contributed by atoms with Crippen LogP contribution in [0.3, 0.4) is 0 Å².